The molecule has 6 rings (SSSR count). The molecule has 46 heavy (non-hydrogen) atoms. The number of ether oxygens (including phenoxy) is 4. The van der Waals surface area contributed by atoms with Gasteiger partial charge in [-0.3, -0.25) is 9.69 Å². The van der Waals surface area contributed by atoms with E-state index in [9.17, 15) is 9.90 Å². The molecular weight excluding hydrogens is 608 g/mol. The highest BCUT2D eigenvalue weighted by Gasteiger charge is 2.28. The quantitative estimate of drug-likeness (QED) is 0.188. The van der Waals surface area contributed by atoms with E-state index in [0.717, 1.165) is 39.6 Å². The van der Waals surface area contributed by atoms with Crippen LogP contribution in [-0.4, -0.2) is 84.8 Å². The van der Waals surface area contributed by atoms with Crippen LogP contribution in [0.2, 0.25) is 5.02 Å². The van der Waals surface area contributed by atoms with E-state index in [1.165, 1.54) is 14.2 Å². The average Bonchev–Trinajstić information content (AvgIpc) is 3.52. The number of carbonyl (C=O) groups is 1. The van der Waals surface area contributed by atoms with E-state index in [2.05, 4.69) is 10.00 Å². The third-order valence-electron chi connectivity index (χ3n) is 8.48. The van der Waals surface area contributed by atoms with Crippen LogP contribution in [0.4, 0.5) is 0 Å². The van der Waals surface area contributed by atoms with Crippen LogP contribution in [0, 0.1) is 0 Å². The summed E-state index contributed by atoms with van der Waals surface area (Å²) in [6, 6.07) is 19.2. The maximum atomic E-state index is 11.7. The van der Waals surface area contributed by atoms with Crippen molar-refractivity contribution < 1.29 is 28.8 Å². The van der Waals surface area contributed by atoms with Gasteiger partial charge in [0, 0.05) is 53.4 Å². The van der Waals surface area contributed by atoms with Crippen molar-refractivity contribution in [3.05, 3.63) is 83.0 Å². The third-order valence-corrected chi connectivity index (χ3v) is 8.89. The van der Waals surface area contributed by atoms with Crippen molar-refractivity contribution in [1.82, 2.24) is 19.7 Å². The van der Waals surface area contributed by atoms with Crippen molar-refractivity contribution in [2.75, 3.05) is 41.6 Å². The number of carbonyl (C=O) groups excluding carboxylic acids is 1. The van der Waals surface area contributed by atoms with Gasteiger partial charge in [-0.2, -0.15) is 5.10 Å². The number of aliphatic hydroxyl groups excluding tert-OH is 1. The van der Waals surface area contributed by atoms with Crippen LogP contribution in [0.3, 0.4) is 0 Å². The molecule has 1 aliphatic heterocycles. The highest BCUT2D eigenvalue weighted by Crippen LogP contribution is 2.40. The molecule has 1 N–H and O–H groups in total. The second-order valence-corrected chi connectivity index (χ2v) is 11.5. The van der Waals surface area contributed by atoms with Crippen molar-refractivity contribution in [3.63, 3.8) is 0 Å². The van der Waals surface area contributed by atoms with Crippen molar-refractivity contribution in [1.29, 1.82) is 0 Å². The smallest absolute Gasteiger partial charge is 0.218 e. The van der Waals surface area contributed by atoms with E-state index < -0.39 is 6.10 Å². The van der Waals surface area contributed by atoms with Gasteiger partial charge < -0.3 is 24.1 Å². The highest BCUT2D eigenvalue weighted by atomic mass is 35.5. The summed E-state index contributed by atoms with van der Waals surface area (Å²) in [7, 11) is 6.61. The molecule has 0 bridgehead atoms. The molecule has 1 fully saturated rings. The second-order valence-electron chi connectivity index (χ2n) is 11.1. The lowest BCUT2D eigenvalue weighted by Crippen LogP contribution is -2.46. The molecule has 2 atom stereocenters. The predicted molar refractivity (Wildman–Crippen MR) is 176 cm³/mol. The largest absolute Gasteiger partial charge is 0.496 e. The van der Waals surface area contributed by atoms with Crippen molar-refractivity contribution in [2.45, 2.75) is 25.1 Å². The van der Waals surface area contributed by atoms with Crippen LogP contribution < -0.4 is 14.2 Å². The zero-order valence-electron chi connectivity index (χ0n) is 26.1. The van der Waals surface area contributed by atoms with E-state index in [1.807, 2.05) is 55.6 Å². The first-order valence-corrected chi connectivity index (χ1v) is 15.2. The molecule has 0 aliphatic carbocycles. The van der Waals surface area contributed by atoms with Gasteiger partial charge in [0.05, 0.1) is 67.7 Å². The molecule has 0 radical (unpaired) electrons. The van der Waals surface area contributed by atoms with Crippen LogP contribution in [0.25, 0.3) is 39.0 Å². The molecular formula is C35H35ClN4O6. The Morgan fingerprint density at radius 3 is 2.43 bits per heavy atom. The Hall–Kier alpha value is -4.48. The highest BCUT2D eigenvalue weighted by molar-refractivity contribution is 6.36. The lowest BCUT2D eigenvalue weighted by molar-refractivity contribution is -0.0606. The summed E-state index contributed by atoms with van der Waals surface area (Å²) in [6.07, 6.45) is 2.73. The Morgan fingerprint density at radius 1 is 1.02 bits per heavy atom. The summed E-state index contributed by atoms with van der Waals surface area (Å²) in [5, 5.41) is 16.5. The van der Waals surface area contributed by atoms with E-state index in [0.29, 0.717) is 65.4 Å². The van der Waals surface area contributed by atoms with Crippen LogP contribution in [0.5, 0.6) is 17.4 Å². The van der Waals surface area contributed by atoms with Gasteiger partial charge >= 0.3 is 0 Å². The maximum absolute atomic E-state index is 11.7. The number of hydrogen-bond acceptors (Lipinski definition) is 9. The number of fused-ring (bicyclic) bond motifs is 1. The summed E-state index contributed by atoms with van der Waals surface area (Å²) < 4.78 is 23.8. The number of aromatic nitrogens is 3. The number of methoxy groups -OCH3 is 3. The van der Waals surface area contributed by atoms with Crippen LogP contribution >= 0.6 is 11.6 Å². The zero-order chi connectivity index (χ0) is 32.4. The summed E-state index contributed by atoms with van der Waals surface area (Å²) >= 11 is 7.13. The van der Waals surface area contributed by atoms with Gasteiger partial charge in [0.25, 0.3) is 0 Å². The molecule has 0 amide bonds. The minimum absolute atomic E-state index is 0.00362. The topological polar surface area (TPSA) is 108 Å². The average molecular weight is 643 g/mol. The van der Waals surface area contributed by atoms with E-state index in [1.54, 1.807) is 30.1 Å². The fourth-order valence-electron chi connectivity index (χ4n) is 6.12. The first-order valence-electron chi connectivity index (χ1n) is 14.9. The van der Waals surface area contributed by atoms with Gasteiger partial charge in [0.1, 0.15) is 11.5 Å². The summed E-state index contributed by atoms with van der Waals surface area (Å²) in [5.74, 6) is 1.28. The Bertz CT molecular complexity index is 1870. The van der Waals surface area contributed by atoms with Gasteiger partial charge in [0.15, 0.2) is 6.29 Å². The SMILES string of the molecule is COc1cc(-n2ncc3c(-c4cccc(-c5ccc(CN(C)[C@@H]6CCOC[C@@H]6O)c(OC)n5)c4Cl)cccc32)cc(OC)c1C=O. The summed E-state index contributed by atoms with van der Waals surface area (Å²) in [6.45, 7) is 1.53. The van der Waals surface area contributed by atoms with Crippen LogP contribution in [-0.2, 0) is 11.3 Å². The number of aldehydes is 1. The molecule has 5 aromatic rings. The van der Waals surface area contributed by atoms with E-state index in [4.69, 9.17) is 35.5 Å². The van der Waals surface area contributed by atoms with Gasteiger partial charge in [0.2, 0.25) is 5.88 Å². The van der Waals surface area contributed by atoms with Crippen LogP contribution in [0.15, 0.2) is 66.9 Å². The van der Waals surface area contributed by atoms with Gasteiger partial charge in [-0.25, -0.2) is 9.67 Å². The minimum atomic E-state index is -0.538. The lowest BCUT2D eigenvalue weighted by atomic mass is 9.98. The number of halogens is 1. The molecule has 11 heteroatoms. The Kier molecular flexibility index (Phi) is 9.23. The molecule has 0 unspecified atom stereocenters. The number of aliphatic hydroxyl groups is 1. The van der Waals surface area contributed by atoms with Crippen molar-refractivity contribution >= 4 is 28.8 Å². The Balaban J connectivity index is 1.35. The summed E-state index contributed by atoms with van der Waals surface area (Å²) in [5.41, 5.74) is 5.93. The molecule has 1 saturated heterocycles. The Labute approximate surface area is 272 Å². The second kappa shape index (κ2) is 13.5. The number of pyridine rings is 1. The monoisotopic (exact) mass is 642 g/mol. The zero-order valence-corrected chi connectivity index (χ0v) is 26.8. The normalized spacial score (nSPS) is 16.5. The number of benzene rings is 3. The fourth-order valence-corrected chi connectivity index (χ4v) is 6.45. The molecule has 0 spiro atoms. The first-order chi connectivity index (χ1) is 22.4. The van der Waals surface area contributed by atoms with Gasteiger partial charge in [-0.15, -0.1) is 0 Å². The van der Waals surface area contributed by atoms with Crippen molar-refractivity contribution in [2.24, 2.45) is 0 Å². The molecule has 238 valence electrons. The number of hydrogen-bond donors (Lipinski definition) is 1. The maximum Gasteiger partial charge on any atom is 0.218 e. The minimum Gasteiger partial charge on any atom is -0.496 e. The molecule has 0 saturated carbocycles. The van der Waals surface area contributed by atoms with E-state index >= 15 is 0 Å². The predicted octanol–water partition coefficient (Wildman–Crippen LogP) is 5.83. The molecule has 3 aromatic carbocycles. The molecule has 10 nitrogen and oxygen atoms in total. The molecule has 3 heterocycles. The standard InChI is InChI=1S/C35H35ClN4O6/c1-39(30-13-14-46-20-31(30)42)18-21-11-12-28(38-35(21)45-4)25-9-5-8-24(34(25)36)23-7-6-10-29-26(23)17-37-40(29)22-15-32(43-2)27(19-41)33(16-22)44-3/h5-12,15-17,19,30-31,42H,13-14,18,20H2,1-4H3/t30-,31+/m1/s1. The van der Waals surface area contributed by atoms with Gasteiger partial charge in [-0.05, 0) is 31.2 Å². The number of likely N-dealkylation sites (N-methyl/N-ethyl adjacent to an activating group) is 1. The van der Waals surface area contributed by atoms with Crippen LogP contribution in [0.1, 0.15) is 22.3 Å². The lowest BCUT2D eigenvalue weighted by Gasteiger charge is -2.35. The first kappa shape index (κ1) is 31.5. The van der Waals surface area contributed by atoms with E-state index in [-0.39, 0.29) is 6.04 Å². The molecule has 1 aliphatic rings. The fraction of sp³-hybridized carbons (Fsp3) is 0.286. The molecule has 2 aromatic heterocycles. The van der Waals surface area contributed by atoms with Crippen molar-refractivity contribution in [3.8, 4) is 45.5 Å². The number of nitrogens with zero attached hydrogens (tertiary/aromatic N) is 4. The number of rotatable bonds is 10. The van der Waals surface area contributed by atoms with Gasteiger partial charge in [-0.1, -0.05) is 48.0 Å². The third kappa shape index (κ3) is 5.80. The summed E-state index contributed by atoms with van der Waals surface area (Å²) in [4.78, 5) is 18.6. The Morgan fingerprint density at radius 2 is 1.74 bits per heavy atom.